The lowest BCUT2D eigenvalue weighted by atomic mass is 9.79. The molecule has 0 radical (unpaired) electrons. The summed E-state index contributed by atoms with van der Waals surface area (Å²) < 4.78 is 0. The number of halogens is 1. The Morgan fingerprint density at radius 3 is 2.83 bits per heavy atom. The maximum absolute atomic E-state index is 10.2. The van der Waals surface area contributed by atoms with Crippen molar-refractivity contribution < 1.29 is 5.11 Å². The molecule has 1 aromatic heterocycles. The van der Waals surface area contributed by atoms with Crippen molar-refractivity contribution in [1.82, 2.24) is 4.98 Å². The molecule has 0 fully saturated rings. The van der Waals surface area contributed by atoms with Gasteiger partial charge in [-0.3, -0.25) is 4.98 Å². The van der Waals surface area contributed by atoms with E-state index in [1.54, 1.807) is 24.4 Å². The van der Waals surface area contributed by atoms with Gasteiger partial charge < -0.3 is 16.6 Å². The average Bonchev–Trinajstić information content (AvgIpc) is 2.54. The van der Waals surface area contributed by atoms with Gasteiger partial charge in [-0.05, 0) is 61.1 Å². The second-order valence-electron chi connectivity index (χ2n) is 5.83. The van der Waals surface area contributed by atoms with E-state index in [-0.39, 0.29) is 17.6 Å². The van der Waals surface area contributed by atoms with Crippen LogP contribution in [0.15, 0.2) is 40.7 Å². The van der Waals surface area contributed by atoms with E-state index >= 15 is 0 Å². The summed E-state index contributed by atoms with van der Waals surface area (Å²) in [5.74, 6) is 0.110. The molecule has 5 N–H and O–H groups in total. The summed E-state index contributed by atoms with van der Waals surface area (Å²) >= 11 is 6.09. The minimum Gasteiger partial charge on any atom is -0.508 e. The maximum atomic E-state index is 10.2. The Hall–Kier alpha value is -2.60. The largest absolute Gasteiger partial charge is 0.508 e. The first-order valence-electron chi connectivity index (χ1n) is 7.54. The van der Waals surface area contributed by atoms with Crippen molar-refractivity contribution >= 4 is 23.3 Å². The molecule has 24 heavy (non-hydrogen) atoms. The van der Waals surface area contributed by atoms with Crippen LogP contribution in [0.5, 0.6) is 5.75 Å². The fourth-order valence-electron chi connectivity index (χ4n) is 3.09. The van der Waals surface area contributed by atoms with Crippen molar-refractivity contribution in [3.63, 3.8) is 0 Å². The fourth-order valence-corrected chi connectivity index (χ4v) is 3.27. The molecule has 124 valence electrons. The van der Waals surface area contributed by atoms with Crippen LogP contribution in [0.3, 0.4) is 0 Å². The number of phenols is 1. The van der Waals surface area contributed by atoms with E-state index in [1.807, 2.05) is 13.0 Å². The number of aromatic nitrogens is 1. The van der Waals surface area contributed by atoms with Gasteiger partial charge in [0.25, 0.3) is 0 Å². The predicted octanol–water partition coefficient (Wildman–Crippen LogP) is 2.46. The molecule has 0 saturated carbocycles. The number of pyridine rings is 1. The van der Waals surface area contributed by atoms with Crippen molar-refractivity contribution in [2.45, 2.75) is 25.7 Å². The molecule has 6 nitrogen and oxygen atoms in total. The van der Waals surface area contributed by atoms with Crippen LogP contribution in [0.4, 0.5) is 0 Å². The minimum atomic E-state index is -0.0988. The van der Waals surface area contributed by atoms with Gasteiger partial charge in [0.05, 0.1) is 11.4 Å². The van der Waals surface area contributed by atoms with E-state index in [9.17, 15) is 5.11 Å². The van der Waals surface area contributed by atoms with Crippen LogP contribution in [-0.2, 0) is 6.42 Å². The SMILES string of the molecule is Cc1ccnc2c1/C(=N\N=C(N)N)CC(c1cc(Cl)ccc1O)C2. The van der Waals surface area contributed by atoms with Crippen molar-refractivity contribution in [3.8, 4) is 5.75 Å². The topological polar surface area (TPSA) is 110 Å². The molecule has 1 aliphatic carbocycles. The normalized spacial score (nSPS) is 18.2. The Kier molecular flexibility index (Phi) is 4.40. The zero-order valence-electron chi connectivity index (χ0n) is 13.2. The molecule has 3 rings (SSSR count). The Labute approximate surface area is 144 Å². The molecule has 1 heterocycles. The molecule has 7 heteroatoms. The molecule has 1 aromatic carbocycles. The van der Waals surface area contributed by atoms with Crippen molar-refractivity contribution in [3.05, 3.63) is 57.9 Å². The number of rotatable bonds is 2. The van der Waals surface area contributed by atoms with E-state index in [0.717, 1.165) is 28.1 Å². The van der Waals surface area contributed by atoms with Crippen LogP contribution < -0.4 is 11.5 Å². The Morgan fingerprint density at radius 2 is 2.08 bits per heavy atom. The third-order valence-corrected chi connectivity index (χ3v) is 4.36. The van der Waals surface area contributed by atoms with Gasteiger partial charge in [-0.25, -0.2) is 0 Å². The average molecular weight is 344 g/mol. The number of hydrogen-bond acceptors (Lipinski definition) is 4. The van der Waals surface area contributed by atoms with Crippen molar-refractivity contribution in [1.29, 1.82) is 0 Å². The molecule has 0 aliphatic heterocycles. The number of nitrogens with two attached hydrogens (primary N) is 2. The zero-order chi connectivity index (χ0) is 17.3. The first-order valence-corrected chi connectivity index (χ1v) is 7.92. The van der Waals surface area contributed by atoms with Crippen LogP contribution in [0.2, 0.25) is 5.02 Å². The molecule has 1 aliphatic rings. The van der Waals surface area contributed by atoms with Crippen molar-refractivity contribution in [2.75, 3.05) is 0 Å². The summed E-state index contributed by atoms with van der Waals surface area (Å²) in [7, 11) is 0. The van der Waals surface area contributed by atoms with Crippen LogP contribution >= 0.6 is 11.6 Å². The number of aryl methyl sites for hydroxylation is 1. The molecule has 2 aromatic rings. The third kappa shape index (κ3) is 3.19. The Balaban J connectivity index is 2.10. The van der Waals surface area contributed by atoms with Gasteiger partial charge in [-0.2, -0.15) is 5.10 Å². The third-order valence-electron chi connectivity index (χ3n) is 4.12. The lowest BCUT2D eigenvalue weighted by molar-refractivity contribution is 0.460. The fraction of sp³-hybridized carbons (Fsp3) is 0.235. The molecule has 0 bridgehead atoms. The van der Waals surface area contributed by atoms with E-state index < -0.39 is 0 Å². The number of fused-ring (bicyclic) bond motifs is 1. The predicted molar refractivity (Wildman–Crippen MR) is 95.5 cm³/mol. The van der Waals surface area contributed by atoms with E-state index in [1.165, 1.54) is 0 Å². The van der Waals surface area contributed by atoms with Gasteiger partial charge >= 0.3 is 0 Å². The monoisotopic (exact) mass is 343 g/mol. The first-order chi connectivity index (χ1) is 11.5. The highest BCUT2D eigenvalue weighted by molar-refractivity contribution is 6.30. The zero-order valence-corrected chi connectivity index (χ0v) is 14.0. The van der Waals surface area contributed by atoms with Gasteiger partial charge in [0.2, 0.25) is 5.96 Å². The van der Waals surface area contributed by atoms with Gasteiger partial charge in [0, 0.05) is 16.8 Å². The smallest absolute Gasteiger partial charge is 0.211 e. The van der Waals surface area contributed by atoms with E-state index in [4.69, 9.17) is 23.1 Å². The molecule has 1 unspecified atom stereocenters. The highest BCUT2D eigenvalue weighted by Gasteiger charge is 2.29. The van der Waals surface area contributed by atoms with Crippen LogP contribution in [0.25, 0.3) is 0 Å². The standard InChI is InChI=1S/C17H18ClN5O/c1-9-4-5-21-13-6-10(12-8-11(18)2-3-15(12)24)7-14(16(9)13)22-23-17(19)20/h2-5,8,10,24H,6-7H2,1H3,(H4,19,20,23)/b22-14-. The lowest BCUT2D eigenvalue weighted by Gasteiger charge is -2.26. The number of aromatic hydroxyl groups is 1. The van der Waals surface area contributed by atoms with Crippen molar-refractivity contribution in [2.24, 2.45) is 21.7 Å². The highest BCUT2D eigenvalue weighted by atomic mass is 35.5. The Bertz CT molecular complexity index is 843. The molecule has 0 saturated heterocycles. The summed E-state index contributed by atoms with van der Waals surface area (Å²) in [5, 5.41) is 18.8. The Morgan fingerprint density at radius 1 is 1.29 bits per heavy atom. The van der Waals surface area contributed by atoms with Gasteiger partial charge in [0.1, 0.15) is 5.75 Å². The number of phenolic OH excluding ortho intramolecular Hbond substituents is 1. The molecule has 1 atom stereocenters. The second kappa shape index (κ2) is 6.49. The summed E-state index contributed by atoms with van der Waals surface area (Å²) in [6, 6.07) is 6.97. The van der Waals surface area contributed by atoms with Gasteiger partial charge in [-0.15, -0.1) is 5.10 Å². The molecule has 0 spiro atoms. The quantitative estimate of drug-likeness (QED) is 0.442. The molecular formula is C17H18ClN5O. The van der Waals surface area contributed by atoms with E-state index in [0.29, 0.717) is 17.9 Å². The minimum absolute atomic E-state index is 0.00144. The number of hydrogen-bond donors (Lipinski definition) is 3. The molecular weight excluding hydrogens is 326 g/mol. The van der Waals surface area contributed by atoms with Crippen LogP contribution in [0.1, 0.15) is 34.7 Å². The second-order valence-corrected chi connectivity index (χ2v) is 6.27. The lowest BCUT2D eigenvalue weighted by Crippen LogP contribution is -2.24. The van der Waals surface area contributed by atoms with Crippen LogP contribution in [-0.4, -0.2) is 21.8 Å². The number of benzene rings is 1. The maximum Gasteiger partial charge on any atom is 0.211 e. The summed E-state index contributed by atoms with van der Waals surface area (Å²) in [4.78, 5) is 4.48. The van der Waals surface area contributed by atoms with E-state index in [2.05, 4.69) is 15.2 Å². The summed E-state index contributed by atoms with van der Waals surface area (Å²) in [5.41, 5.74) is 15.3. The number of guanidine groups is 1. The summed E-state index contributed by atoms with van der Waals surface area (Å²) in [6.45, 7) is 2.00. The van der Waals surface area contributed by atoms with Crippen LogP contribution in [0, 0.1) is 6.92 Å². The first kappa shape index (κ1) is 16.3. The van der Waals surface area contributed by atoms with Gasteiger partial charge in [0.15, 0.2) is 0 Å². The number of nitrogens with zero attached hydrogens (tertiary/aromatic N) is 3. The highest BCUT2D eigenvalue weighted by Crippen LogP contribution is 2.38. The summed E-state index contributed by atoms with van der Waals surface area (Å²) in [6.07, 6.45) is 3.04. The van der Waals surface area contributed by atoms with Gasteiger partial charge in [-0.1, -0.05) is 11.6 Å². The molecule has 0 amide bonds.